The highest BCUT2D eigenvalue weighted by Crippen LogP contribution is 2.19. The molecule has 1 aromatic carbocycles. The van der Waals surface area contributed by atoms with E-state index in [4.69, 9.17) is 5.11 Å². The maximum atomic E-state index is 13.7. The van der Waals surface area contributed by atoms with Crippen molar-refractivity contribution in [3.63, 3.8) is 0 Å². The summed E-state index contributed by atoms with van der Waals surface area (Å²) in [5, 5.41) is 8.87. The largest absolute Gasteiger partial charge is 0.478 e. The zero-order valence-corrected chi connectivity index (χ0v) is 12.4. The average molecular weight is 316 g/mol. The predicted octanol–water partition coefficient (Wildman–Crippen LogP) is 0.896. The van der Waals surface area contributed by atoms with Gasteiger partial charge in [-0.3, -0.25) is 0 Å². The molecule has 2 rings (SSSR count). The van der Waals surface area contributed by atoms with Crippen LogP contribution < -0.4 is 4.72 Å². The predicted molar refractivity (Wildman–Crippen MR) is 74.2 cm³/mol. The number of likely N-dealkylation sites (tertiary alicyclic amines) is 1. The number of rotatable bonds is 4. The third-order valence-corrected chi connectivity index (χ3v) is 5.04. The molecule has 0 aromatic heterocycles. The average Bonchev–Trinajstić information content (AvgIpc) is 2.41. The maximum absolute atomic E-state index is 13.7. The lowest BCUT2D eigenvalue weighted by atomic mass is 10.1. The summed E-state index contributed by atoms with van der Waals surface area (Å²) in [4.78, 5) is 12.3. The number of carbonyl (C=O) groups is 1. The Balaban J connectivity index is 2.23. The standard InChI is InChI=1S/C13H17FN2O4S/c1-16-6-4-10(5-7-16)15-21(19,20)12-8-9(13(17)18)2-3-11(12)14/h2-3,8,10,15H,4-7H2,1H3,(H,17,18). The van der Waals surface area contributed by atoms with E-state index in [1.54, 1.807) is 0 Å². The molecule has 1 aliphatic heterocycles. The lowest BCUT2D eigenvalue weighted by Gasteiger charge is -2.29. The zero-order valence-electron chi connectivity index (χ0n) is 11.5. The molecule has 6 nitrogen and oxygen atoms in total. The minimum absolute atomic E-state index is 0.264. The summed E-state index contributed by atoms with van der Waals surface area (Å²) in [7, 11) is -2.13. The van der Waals surface area contributed by atoms with E-state index in [1.165, 1.54) is 0 Å². The summed E-state index contributed by atoms with van der Waals surface area (Å²) < 4.78 is 40.6. The van der Waals surface area contributed by atoms with Crippen molar-refractivity contribution >= 4 is 16.0 Å². The Morgan fingerprint density at radius 3 is 2.57 bits per heavy atom. The number of halogens is 1. The van der Waals surface area contributed by atoms with Gasteiger partial charge in [0.1, 0.15) is 10.7 Å². The Bertz CT molecular complexity index is 640. The van der Waals surface area contributed by atoms with Crippen molar-refractivity contribution in [3.8, 4) is 0 Å². The van der Waals surface area contributed by atoms with Gasteiger partial charge < -0.3 is 10.0 Å². The first kappa shape index (κ1) is 15.9. The molecule has 21 heavy (non-hydrogen) atoms. The number of hydrogen-bond donors (Lipinski definition) is 2. The Hall–Kier alpha value is -1.51. The molecule has 116 valence electrons. The Labute approximate surface area is 122 Å². The Morgan fingerprint density at radius 1 is 1.38 bits per heavy atom. The first-order valence-corrected chi connectivity index (χ1v) is 8.01. The van der Waals surface area contributed by atoms with Crippen LogP contribution in [-0.2, 0) is 10.0 Å². The molecule has 0 bridgehead atoms. The quantitative estimate of drug-likeness (QED) is 0.862. The SMILES string of the molecule is CN1CCC(NS(=O)(=O)c2cc(C(=O)O)ccc2F)CC1. The van der Waals surface area contributed by atoms with Crippen molar-refractivity contribution in [3.05, 3.63) is 29.6 Å². The van der Waals surface area contributed by atoms with Crippen LogP contribution in [0.5, 0.6) is 0 Å². The molecule has 1 aromatic rings. The fraction of sp³-hybridized carbons (Fsp3) is 0.462. The van der Waals surface area contributed by atoms with Crippen LogP contribution in [0.2, 0.25) is 0 Å². The van der Waals surface area contributed by atoms with Crippen LogP contribution in [0.3, 0.4) is 0 Å². The van der Waals surface area contributed by atoms with Crippen LogP contribution in [0.1, 0.15) is 23.2 Å². The third-order valence-electron chi connectivity index (χ3n) is 3.51. The van der Waals surface area contributed by atoms with Crippen molar-refractivity contribution in [2.24, 2.45) is 0 Å². The number of piperidine rings is 1. The van der Waals surface area contributed by atoms with Crippen molar-refractivity contribution in [1.82, 2.24) is 9.62 Å². The fourth-order valence-corrected chi connectivity index (χ4v) is 3.66. The van der Waals surface area contributed by atoms with E-state index in [2.05, 4.69) is 9.62 Å². The molecule has 0 aliphatic carbocycles. The van der Waals surface area contributed by atoms with Crippen LogP contribution in [0.4, 0.5) is 4.39 Å². The van der Waals surface area contributed by atoms with E-state index in [-0.39, 0.29) is 11.6 Å². The normalized spacial score (nSPS) is 17.8. The summed E-state index contributed by atoms with van der Waals surface area (Å²) >= 11 is 0. The topological polar surface area (TPSA) is 86.7 Å². The highest BCUT2D eigenvalue weighted by Gasteiger charge is 2.26. The van der Waals surface area contributed by atoms with E-state index in [0.717, 1.165) is 31.3 Å². The van der Waals surface area contributed by atoms with Gasteiger partial charge in [0.15, 0.2) is 0 Å². The van der Waals surface area contributed by atoms with Gasteiger partial charge in [-0.1, -0.05) is 0 Å². The third kappa shape index (κ3) is 3.78. The van der Waals surface area contributed by atoms with Crippen LogP contribution in [0.15, 0.2) is 23.1 Å². The van der Waals surface area contributed by atoms with Gasteiger partial charge in [0.2, 0.25) is 10.0 Å². The summed E-state index contributed by atoms with van der Waals surface area (Å²) in [6.45, 7) is 1.51. The lowest BCUT2D eigenvalue weighted by molar-refractivity contribution is 0.0696. The minimum Gasteiger partial charge on any atom is -0.478 e. The van der Waals surface area contributed by atoms with Gasteiger partial charge in [-0.05, 0) is 51.2 Å². The van der Waals surface area contributed by atoms with E-state index in [9.17, 15) is 17.6 Å². The van der Waals surface area contributed by atoms with Gasteiger partial charge in [0.25, 0.3) is 0 Å². The fourth-order valence-electron chi connectivity index (χ4n) is 2.25. The first-order chi connectivity index (χ1) is 9.79. The number of nitrogens with zero attached hydrogens (tertiary/aromatic N) is 1. The lowest BCUT2D eigenvalue weighted by Crippen LogP contribution is -2.43. The molecule has 0 spiro atoms. The number of nitrogens with one attached hydrogen (secondary N) is 1. The van der Waals surface area contributed by atoms with Crippen LogP contribution >= 0.6 is 0 Å². The summed E-state index contributed by atoms with van der Waals surface area (Å²) in [6.07, 6.45) is 1.27. The Morgan fingerprint density at radius 2 is 2.00 bits per heavy atom. The van der Waals surface area contributed by atoms with Crippen LogP contribution in [0, 0.1) is 5.82 Å². The second-order valence-corrected chi connectivity index (χ2v) is 6.83. The number of aromatic carboxylic acids is 1. The molecular formula is C13H17FN2O4S. The number of sulfonamides is 1. The van der Waals surface area contributed by atoms with E-state index >= 15 is 0 Å². The molecule has 1 heterocycles. The van der Waals surface area contributed by atoms with Gasteiger partial charge in [-0.25, -0.2) is 22.3 Å². The summed E-state index contributed by atoms with van der Waals surface area (Å²) in [6, 6.07) is 2.47. The van der Waals surface area contributed by atoms with Gasteiger partial charge >= 0.3 is 5.97 Å². The molecule has 0 unspecified atom stereocenters. The van der Waals surface area contributed by atoms with Crippen LogP contribution in [-0.4, -0.2) is 50.6 Å². The number of carboxylic acids is 1. The zero-order chi connectivity index (χ0) is 15.6. The number of carboxylic acid groups (broad SMARTS) is 1. The maximum Gasteiger partial charge on any atom is 0.335 e. The molecule has 8 heteroatoms. The van der Waals surface area contributed by atoms with Crippen molar-refractivity contribution in [2.75, 3.05) is 20.1 Å². The van der Waals surface area contributed by atoms with E-state index < -0.39 is 26.7 Å². The van der Waals surface area contributed by atoms with E-state index in [0.29, 0.717) is 12.8 Å². The van der Waals surface area contributed by atoms with Gasteiger partial charge in [-0.2, -0.15) is 0 Å². The molecule has 1 aliphatic rings. The van der Waals surface area contributed by atoms with Gasteiger partial charge in [0, 0.05) is 6.04 Å². The van der Waals surface area contributed by atoms with Gasteiger partial charge in [-0.15, -0.1) is 0 Å². The highest BCUT2D eigenvalue weighted by molar-refractivity contribution is 7.89. The van der Waals surface area contributed by atoms with Crippen LogP contribution in [0.25, 0.3) is 0 Å². The first-order valence-electron chi connectivity index (χ1n) is 6.53. The molecule has 1 saturated heterocycles. The van der Waals surface area contributed by atoms with E-state index in [1.807, 2.05) is 7.05 Å². The van der Waals surface area contributed by atoms with Crippen molar-refractivity contribution in [2.45, 2.75) is 23.8 Å². The smallest absolute Gasteiger partial charge is 0.335 e. The minimum atomic E-state index is -4.07. The summed E-state index contributed by atoms with van der Waals surface area (Å²) in [5.41, 5.74) is -0.264. The molecule has 0 radical (unpaired) electrons. The molecule has 0 saturated carbocycles. The Kier molecular flexibility index (Phi) is 4.60. The van der Waals surface area contributed by atoms with Crippen molar-refractivity contribution in [1.29, 1.82) is 0 Å². The molecular weight excluding hydrogens is 299 g/mol. The molecule has 2 N–H and O–H groups in total. The number of hydrogen-bond acceptors (Lipinski definition) is 4. The highest BCUT2D eigenvalue weighted by atomic mass is 32.2. The van der Waals surface area contributed by atoms with Crippen molar-refractivity contribution < 1.29 is 22.7 Å². The molecule has 1 fully saturated rings. The molecule has 0 atom stereocenters. The second kappa shape index (κ2) is 6.08. The monoisotopic (exact) mass is 316 g/mol. The summed E-state index contributed by atoms with van der Waals surface area (Å²) in [5.74, 6) is -2.26. The second-order valence-electron chi connectivity index (χ2n) is 5.15. The number of benzene rings is 1. The molecule has 0 amide bonds. The van der Waals surface area contributed by atoms with Gasteiger partial charge in [0.05, 0.1) is 5.56 Å².